The van der Waals surface area contributed by atoms with Gasteiger partial charge >= 0.3 is 0 Å². The quantitative estimate of drug-likeness (QED) is 0.840. The lowest BCUT2D eigenvalue weighted by Gasteiger charge is -2.17. The monoisotopic (exact) mass is 251 g/mol. The minimum atomic E-state index is -0.186. The Labute approximate surface area is 106 Å². The Morgan fingerprint density at radius 1 is 1.44 bits per heavy atom. The van der Waals surface area contributed by atoms with Crippen molar-refractivity contribution in [3.05, 3.63) is 35.6 Å². The molecule has 1 amide bonds. The van der Waals surface area contributed by atoms with Crippen LogP contribution in [-0.2, 0) is 14.9 Å². The van der Waals surface area contributed by atoms with Gasteiger partial charge in [-0.05, 0) is 24.5 Å². The molecule has 0 unspecified atom stereocenters. The van der Waals surface area contributed by atoms with Gasteiger partial charge in [-0.15, -0.1) is 0 Å². The third kappa shape index (κ3) is 2.88. The molecule has 2 rings (SSSR count). The first-order valence-corrected chi connectivity index (χ1v) is 6.19. The van der Waals surface area contributed by atoms with E-state index in [2.05, 4.69) is 5.32 Å². The summed E-state index contributed by atoms with van der Waals surface area (Å²) in [4.78, 5) is 11.5. The maximum atomic E-state index is 13.7. The minimum absolute atomic E-state index is 0.0422. The molecule has 0 heterocycles. The van der Waals surface area contributed by atoms with E-state index < -0.39 is 0 Å². The van der Waals surface area contributed by atoms with Crippen molar-refractivity contribution in [3.63, 3.8) is 0 Å². The summed E-state index contributed by atoms with van der Waals surface area (Å²) in [5.41, 5.74) is 0.533. The number of amides is 1. The van der Waals surface area contributed by atoms with Crippen LogP contribution in [0, 0.1) is 5.82 Å². The van der Waals surface area contributed by atoms with Crippen molar-refractivity contribution in [2.24, 2.45) is 0 Å². The van der Waals surface area contributed by atoms with Gasteiger partial charge < -0.3 is 10.1 Å². The average Bonchev–Trinajstić information content (AvgIpc) is 3.15. The van der Waals surface area contributed by atoms with Crippen molar-refractivity contribution in [1.29, 1.82) is 0 Å². The highest BCUT2D eigenvalue weighted by atomic mass is 19.1. The predicted molar refractivity (Wildman–Crippen MR) is 66.8 cm³/mol. The molecule has 4 heteroatoms. The number of ether oxygens (including phenoxy) is 1. The van der Waals surface area contributed by atoms with Crippen molar-refractivity contribution in [3.8, 4) is 0 Å². The summed E-state index contributed by atoms with van der Waals surface area (Å²) in [6, 6.07) is 6.81. The van der Waals surface area contributed by atoms with Gasteiger partial charge in [0, 0.05) is 25.5 Å². The zero-order valence-corrected chi connectivity index (χ0v) is 10.5. The maximum absolute atomic E-state index is 13.7. The third-order valence-corrected chi connectivity index (χ3v) is 3.46. The van der Waals surface area contributed by atoms with Crippen LogP contribution in [0.4, 0.5) is 4.39 Å². The van der Waals surface area contributed by atoms with E-state index >= 15 is 0 Å². The van der Waals surface area contributed by atoms with Gasteiger partial charge in [0.25, 0.3) is 0 Å². The Kier molecular flexibility index (Phi) is 3.97. The van der Waals surface area contributed by atoms with Crippen LogP contribution in [0.3, 0.4) is 0 Å². The van der Waals surface area contributed by atoms with E-state index in [0.29, 0.717) is 19.6 Å². The summed E-state index contributed by atoms with van der Waals surface area (Å²) >= 11 is 0. The highest BCUT2D eigenvalue weighted by Gasteiger charge is 2.45. The van der Waals surface area contributed by atoms with Crippen LogP contribution in [0.2, 0.25) is 0 Å². The molecule has 0 spiro atoms. The Bertz CT molecular complexity index is 430. The minimum Gasteiger partial charge on any atom is -0.384 e. The van der Waals surface area contributed by atoms with E-state index in [-0.39, 0.29) is 17.1 Å². The molecule has 1 N–H and O–H groups in total. The summed E-state index contributed by atoms with van der Waals surface area (Å²) in [5.74, 6) is -0.222. The van der Waals surface area contributed by atoms with Crippen molar-refractivity contribution >= 4 is 5.91 Å². The zero-order valence-electron chi connectivity index (χ0n) is 10.5. The van der Waals surface area contributed by atoms with Gasteiger partial charge in [0.1, 0.15) is 5.82 Å². The maximum Gasteiger partial charge on any atom is 0.222 e. The summed E-state index contributed by atoms with van der Waals surface area (Å²) in [7, 11) is 1.56. The molecule has 1 aliphatic carbocycles. The standard InChI is InChI=1S/C14H18FNO2/c1-18-9-6-13(17)16-10-14(7-8-14)11-4-2-3-5-12(11)15/h2-5H,6-10H2,1H3,(H,16,17). The molecule has 98 valence electrons. The molecular weight excluding hydrogens is 233 g/mol. The largest absolute Gasteiger partial charge is 0.384 e. The summed E-state index contributed by atoms with van der Waals surface area (Å²) < 4.78 is 18.6. The lowest BCUT2D eigenvalue weighted by atomic mass is 9.95. The highest BCUT2D eigenvalue weighted by Crippen LogP contribution is 2.48. The molecule has 0 radical (unpaired) electrons. The molecule has 18 heavy (non-hydrogen) atoms. The smallest absolute Gasteiger partial charge is 0.222 e. The molecule has 1 aromatic rings. The first kappa shape index (κ1) is 13.0. The molecule has 1 aromatic carbocycles. The van der Waals surface area contributed by atoms with Crippen LogP contribution in [0.5, 0.6) is 0 Å². The Morgan fingerprint density at radius 2 is 2.17 bits per heavy atom. The van der Waals surface area contributed by atoms with Gasteiger partial charge in [0.2, 0.25) is 5.91 Å². The lowest BCUT2D eigenvalue weighted by molar-refractivity contribution is -0.122. The van der Waals surface area contributed by atoms with Crippen LogP contribution < -0.4 is 5.32 Å². The van der Waals surface area contributed by atoms with Crippen molar-refractivity contribution in [2.45, 2.75) is 24.7 Å². The van der Waals surface area contributed by atoms with Gasteiger partial charge in [-0.3, -0.25) is 4.79 Å². The van der Waals surface area contributed by atoms with Gasteiger partial charge in [-0.1, -0.05) is 18.2 Å². The summed E-state index contributed by atoms with van der Waals surface area (Å²) in [5, 5.41) is 2.86. The Balaban J connectivity index is 1.93. The normalized spacial score (nSPS) is 16.3. The second-order valence-electron chi connectivity index (χ2n) is 4.78. The molecule has 0 bridgehead atoms. The van der Waals surface area contributed by atoms with Crippen LogP contribution in [-0.4, -0.2) is 26.2 Å². The first-order chi connectivity index (χ1) is 8.68. The number of methoxy groups -OCH3 is 1. The van der Waals surface area contributed by atoms with Gasteiger partial charge in [0.15, 0.2) is 0 Å². The molecule has 0 atom stereocenters. The van der Waals surface area contributed by atoms with E-state index in [1.807, 2.05) is 12.1 Å². The van der Waals surface area contributed by atoms with Crippen LogP contribution in [0.1, 0.15) is 24.8 Å². The highest BCUT2D eigenvalue weighted by molar-refractivity contribution is 5.76. The second-order valence-corrected chi connectivity index (χ2v) is 4.78. The molecule has 1 fully saturated rings. The number of nitrogens with one attached hydrogen (secondary N) is 1. The third-order valence-electron chi connectivity index (χ3n) is 3.46. The molecule has 0 aromatic heterocycles. The van der Waals surface area contributed by atoms with Crippen LogP contribution in [0.25, 0.3) is 0 Å². The Morgan fingerprint density at radius 3 is 2.78 bits per heavy atom. The van der Waals surface area contributed by atoms with Crippen molar-refractivity contribution < 1.29 is 13.9 Å². The van der Waals surface area contributed by atoms with Crippen molar-refractivity contribution in [1.82, 2.24) is 5.32 Å². The molecule has 3 nitrogen and oxygen atoms in total. The SMILES string of the molecule is COCCC(=O)NCC1(c2ccccc2F)CC1. The van der Waals surface area contributed by atoms with E-state index in [1.54, 1.807) is 13.2 Å². The van der Waals surface area contributed by atoms with Crippen molar-refractivity contribution in [2.75, 3.05) is 20.3 Å². The fraction of sp³-hybridized carbons (Fsp3) is 0.500. The number of hydrogen-bond acceptors (Lipinski definition) is 2. The fourth-order valence-electron chi connectivity index (χ4n) is 2.13. The first-order valence-electron chi connectivity index (χ1n) is 6.19. The lowest BCUT2D eigenvalue weighted by Crippen LogP contribution is -2.33. The Hall–Kier alpha value is -1.42. The number of benzene rings is 1. The van der Waals surface area contributed by atoms with E-state index in [0.717, 1.165) is 18.4 Å². The molecule has 0 saturated heterocycles. The van der Waals surface area contributed by atoms with Crippen LogP contribution in [0.15, 0.2) is 24.3 Å². The molecule has 1 saturated carbocycles. The summed E-state index contributed by atoms with van der Waals surface area (Å²) in [6.45, 7) is 0.926. The van der Waals surface area contributed by atoms with Crippen LogP contribution >= 0.6 is 0 Å². The number of rotatable bonds is 6. The van der Waals surface area contributed by atoms with E-state index in [1.165, 1.54) is 6.07 Å². The second kappa shape index (κ2) is 5.48. The topological polar surface area (TPSA) is 38.3 Å². The summed E-state index contributed by atoms with van der Waals surface area (Å²) in [6.07, 6.45) is 2.21. The zero-order chi connectivity index (χ0) is 13.0. The number of halogens is 1. The van der Waals surface area contributed by atoms with Gasteiger partial charge in [-0.25, -0.2) is 4.39 Å². The fourth-order valence-corrected chi connectivity index (χ4v) is 2.13. The molecular formula is C14H18FNO2. The van der Waals surface area contributed by atoms with E-state index in [4.69, 9.17) is 4.74 Å². The number of hydrogen-bond donors (Lipinski definition) is 1. The van der Waals surface area contributed by atoms with Gasteiger partial charge in [-0.2, -0.15) is 0 Å². The number of carbonyl (C=O) groups is 1. The number of carbonyl (C=O) groups excluding carboxylic acids is 1. The van der Waals surface area contributed by atoms with Gasteiger partial charge in [0.05, 0.1) is 6.61 Å². The molecule has 0 aliphatic heterocycles. The average molecular weight is 251 g/mol. The predicted octanol–water partition coefficient (Wildman–Crippen LogP) is 2.01. The van der Waals surface area contributed by atoms with E-state index in [9.17, 15) is 9.18 Å². The molecule has 1 aliphatic rings.